The largest absolute Gasteiger partial charge is 0.462 e. The van der Waals surface area contributed by atoms with Crippen LogP contribution in [-0.4, -0.2) is 12.1 Å². The van der Waals surface area contributed by atoms with Gasteiger partial charge in [-0.25, -0.2) is 0 Å². The quantitative estimate of drug-likeness (QED) is 0.679. The highest BCUT2D eigenvalue weighted by atomic mass is 16.5. The third-order valence-electron chi connectivity index (χ3n) is 4.30. The van der Waals surface area contributed by atoms with Crippen molar-refractivity contribution < 1.29 is 9.53 Å². The van der Waals surface area contributed by atoms with Crippen LogP contribution in [0.3, 0.4) is 0 Å². The van der Waals surface area contributed by atoms with Gasteiger partial charge in [-0.1, -0.05) is 27.2 Å². The lowest BCUT2D eigenvalue weighted by molar-refractivity contribution is -0.165. The molecule has 0 amide bonds. The fraction of sp³-hybridized carbons (Fsp3) is 0.929. The Morgan fingerprint density at radius 2 is 1.88 bits per heavy atom. The molecule has 0 aromatic heterocycles. The second-order valence-electron chi connectivity index (χ2n) is 5.59. The number of hydrogen-bond donors (Lipinski definition) is 0. The van der Waals surface area contributed by atoms with Crippen molar-refractivity contribution in [2.75, 3.05) is 0 Å². The van der Waals surface area contributed by atoms with Crippen molar-refractivity contribution in [1.29, 1.82) is 0 Å². The van der Waals surface area contributed by atoms with E-state index < -0.39 is 0 Å². The molecule has 2 nitrogen and oxygen atoms in total. The van der Waals surface area contributed by atoms with E-state index in [1.807, 2.05) is 6.92 Å². The zero-order valence-corrected chi connectivity index (χ0v) is 11.2. The lowest BCUT2D eigenvalue weighted by Gasteiger charge is -2.33. The molecule has 0 saturated heterocycles. The fourth-order valence-corrected chi connectivity index (χ4v) is 2.26. The highest BCUT2D eigenvalue weighted by molar-refractivity contribution is 5.76. The number of carbonyl (C=O) groups excluding carboxylic acids is 1. The van der Waals surface area contributed by atoms with Gasteiger partial charge in [0.2, 0.25) is 0 Å². The lowest BCUT2D eigenvalue weighted by atomic mass is 9.77. The zero-order chi connectivity index (χ0) is 12.2. The maximum absolute atomic E-state index is 12.2. The third kappa shape index (κ3) is 2.99. The van der Waals surface area contributed by atoms with Gasteiger partial charge >= 0.3 is 5.97 Å². The van der Waals surface area contributed by atoms with Crippen LogP contribution < -0.4 is 0 Å². The van der Waals surface area contributed by atoms with Crippen molar-refractivity contribution in [3.63, 3.8) is 0 Å². The van der Waals surface area contributed by atoms with Gasteiger partial charge in [0.25, 0.3) is 0 Å². The van der Waals surface area contributed by atoms with Crippen LogP contribution in [0.25, 0.3) is 0 Å². The van der Waals surface area contributed by atoms with Gasteiger partial charge in [0.05, 0.1) is 5.41 Å². The SMILES string of the molecule is CCC(C)(C(=O)OC1CCCCC1)C(C)C. The Balaban J connectivity index is 2.55. The first-order chi connectivity index (χ1) is 7.50. The molecule has 1 rings (SSSR count). The lowest BCUT2D eigenvalue weighted by Crippen LogP contribution is -2.37. The van der Waals surface area contributed by atoms with Crippen LogP contribution >= 0.6 is 0 Å². The predicted molar refractivity (Wildman–Crippen MR) is 66.2 cm³/mol. The van der Waals surface area contributed by atoms with Crippen LogP contribution in [0.15, 0.2) is 0 Å². The van der Waals surface area contributed by atoms with Gasteiger partial charge in [-0.15, -0.1) is 0 Å². The second-order valence-corrected chi connectivity index (χ2v) is 5.59. The molecule has 0 N–H and O–H groups in total. The second kappa shape index (κ2) is 5.70. The van der Waals surface area contributed by atoms with Crippen LogP contribution in [0, 0.1) is 11.3 Å². The molecule has 94 valence electrons. The number of esters is 1. The minimum atomic E-state index is -0.308. The van der Waals surface area contributed by atoms with Crippen molar-refractivity contribution in [3.05, 3.63) is 0 Å². The van der Waals surface area contributed by atoms with E-state index in [0.29, 0.717) is 5.92 Å². The molecule has 1 unspecified atom stereocenters. The summed E-state index contributed by atoms with van der Waals surface area (Å²) in [6.45, 7) is 8.31. The average Bonchev–Trinajstić information content (AvgIpc) is 2.28. The Morgan fingerprint density at radius 1 is 1.31 bits per heavy atom. The van der Waals surface area contributed by atoms with Gasteiger partial charge in [0, 0.05) is 0 Å². The summed E-state index contributed by atoms with van der Waals surface area (Å²) in [6, 6.07) is 0. The molecule has 0 aliphatic heterocycles. The van der Waals surface area contributed by atoms with Gasteiger partial charge in [-0.3, -0.25) is 4.79 Å². The monoisotopic (exact) mass is 226 g/mol. The van der Waals surface area contributed by atoms with E-state index >= 15 is 0 Å². The topological polar surface area (TPSA) is 26.3 Å². The normalized spacial score (nSPS) is 21.8. The van der Waals surface area contributed by atoms with Crippen molar-refractivity contribution in [1.82, 2.24) is 0 Å². The molecule has 1 fully saturated rings. The molecule has 0 radical (unpaired) electrons. The van der Waals surface area contributed by atoms with Crippen LogP contribution in [0.2, 0.25) is 0 Å². The van der Waals surface area contributed by atoms with Gasteiger partial charge in [0.1, 0.15) is 6.10 Å². The van der Waals surface area contributed by atoms with E-state index in [9.17, 15) is 4.79 Å². The Morgan fingerprint density at radius 3 is 2.31 bits per heavy atom. The van der Waals surface area contributed by atoms with Gasteiger partial charge < -0.3 is 4.74 Å². The van der Waals surface area contributed by atoms with Crippen LogP contribution in [0.1, 0.15) is 66.2 Å². The number of ether oxygens (including phenoxy) is 1. The molecule has 2 heteroatoms. The first kappa shape index (κ1) is 13.5. The summed E-state index contributed by atoms with van der Waals surface area (Å²) in [5.41, 5.74) is -0.308. The zero-order valence-electron chi connectivity index (χ0n) is 11.2. The number of rotatable bonds is 4. The third-order valence-corrected chi connectivity index (χ3v) is 4.30. The Bertz CT molecular complexity index is 229. The molecule has 0 aromatic rings. The van der Waals surface area contributed by atoms with E-state index in [1.54, 1.807) is 0 Å². The average molecular weight is 226 g/mol. The molecule has 1 saturated carbocycles. The van der Waals surface area contributed by atoms with E-state index in [0.717, 1.165) is 19.3 Å². The Labute approximate surface area is 99.8 Å². The predicted octanol–water partition coefficient (Wildman–Crippen LogP) is 3.93. The van der Waals surface area contributed by atoms with Crippen LogP contribution in [-0.2, 0) is 9.53 Å². The molecule has 16 heavy (non-hydrogen) atoms. The molecule has 1 aliphatic rings. The molecule has 0 bridgehead atoms. The molecule has 1 atom stereocenters. The summed E-state index contributed by atoms with van der Waals surface area (Å²) in [6.07, 6.45) is 6.88. The fourth-order valence-electron chi connectivity index (χ4n) is 2.26. The van der Waals surface area contributed by atoms with E-state index in [1.165, 1.54) is 19.3 Å². The highest BCUT2D eigenvalue weighted by Crippen LogP contribution is 2.34. The molecule has 0 spiro atoms. The first-order valence-corrected chi connectivity index (χ1v) is 6.71. The van der Waals surface area contributed by atoms with Crippen LogP contribution in [0.5, 0.6) is 0 Å². The molecule has 0 aromatic carbocycles. The van der Waals surface area contributed by atoms with Crippen molar-refractivity contribution in [2.24, 2.45) is 11.3 Å². The van der Waals surface area contributed by atoms with Crippen molar-refractivity contribution >= 4 is 5.97 Å². The van der Waals surface area contributed by atoms with Crippen molar-refractivity contribution in [3.8, 4) is 0 Å². The summed E-state index contributed by atoms with van der Waals surface area (Å²) in [5, 5.41) is 0. The van der Waals surface area contributed by atoms with Gasteiger partial charge in [0.15, 0.2) is 0 Å². The smallest absolute Gasteiger partial charge is 0.312 e. The molecular weight excluding hydrogens is 200 g/mol. The van der Waals surface area contributed by atoms with E-state index in [-0.39, 0.29) is 17.5 Å². The summed E-state index contributed by atoms with van der Waals surface area (Å²) in [7, 11) is 0. The highest BCUT2D eigenvalue weighted by Gasteiger charge is 2.37. The number of carbonyl (C=O) groups is 1. The van der Waals surface area contributed by atoms with Gasteiger partial charge in [-0.05, 0) is 44.9 Å². The minimum Gasteiger partial charge on any atom is -0.462 e. The molecule has 1 aliphatic carbocycles. The Hall–Kier alpha value is -0.530. The minimum absolute atomic E-state index is 0.0110. The number of hydrogen-bond acceptors (Lipinski definition) is 2. The van der Waals surface area contributed by atoms with Gasteiger partial charge in [-0.2, -0.15) is 0 Å². The van der Waals surface area contributed by atoms with Crippen LogP contribution in [0.4, 0.5) is 0 Å². The summed E-state index contributed by atoms with van der Waals surface area (Å²) >= 11 is 0. The Kier molecular flexibility index (Phi) is 4.82. The summed E-state index contributed by atoms with van der Waals surface area (Å²) in [4.78, 5) is 12.2. The summed E-state index contributed by atoms with van der Waals surface area (Å²) in [5.74, 6) is 0.352. The van der Waals surface area contributed by atoms with E-state index in [4.69, 9.17) is 4.74 Å². The maximum atomic E-state index is 12.2. The van der Waals surface area contributed by atoms with E-state index in [2.05, 4.69) is 20.8 Å². The summed E-state index contributed by atoms with van der Waals surface area (Å²) < 4.78 is 5.67. The van der Waals surface area contributed by atoms with Crippen molar-refractivity contribution in [2.45, 2.75) is 72.3 Å². The standard InChI is InChI=1S/C14H26O2/c1-5-14(4,11(2)3)13(15)16-12-9-7-6-8-10-12/h11-12H,5-10H2,1-4H3. The first-order valence-electron chi connectivity index (χ1n) is 6.71. The molecular formula is C14H26O2. The maximum Gasteiger partial charge on any atom is 0.312 e. The molecule has 0 heterocycles.